The number of hydrogen-bond acceptors (Lipinski definition) is 6. The number of hydrogen-bond donors (Lipinski definition) is 0. The van der Waals surface area contributed by atoms with Gasteiger partial charge in [0.25, 0.3) is 5.56 Å². The van der Waals surface area contributed by atoms with Crippen LogP contribution >= 0.6 is 22.9 Å². The van der Waals surface area contributed by atoms with Gasteiger partial charge in [0.05, 0.1) is 17.7 Å². The van der Waals surface area contributed by atoms with Crippen molar-refractivity contribution in [2.45, 2.75) is 12.7 Å². The second-order valence-corrected chi connectivity index (χ2v) is 9.51. The summed E-state index contributed by atoms with van der Waals surface area (Å²) in [5, 5.41) is 14.3. The molecule has 0 aliphatic carbocycles. The molecule has 0 unspecified atom stereocenters. The molecule has 0 radical (unpaired) electrons. The van der Waals surface area contributed by atoms with Gasteiger partial charge in [0, 0.05) is 23.1 Å². The summed E-state index contributed by atoms with van der Waals surface area (Å²) in [6, 6.07) is 14.0. The first-order chi connectivity index (χ1) is 17.6. The fourth-order valence-corrected chi connectivity index (χ4v) is 4.88. The van der Waals surface area contributed by atoms with Gasteiger partial charge in [-0.15, -0.1) is 16.4 Å². The number of halogens is 4. The quantitative estimate of drug-likeness (QED) is 0.331. The van der Waals surface area contributed by atoms with Gasteiger partial charge in [-0.1, -0.05) is 29.8 Å². The van der Waals surface area contributed by atoms with E-state index in [-0.39, 0.29) is 17.8 Å². The molecule has 0 N–H and O–H groups in total. The van der Waals surface area contributed by atoms with Crippen molar-refractivity contribution in [2.75, 3.05) is 0 Å². The Morgan fingerprint density at radius 1 is 1.05 bits per heavy atom. The first kappa shape index (κ1) is 24.5. The lowest BCUT2D eigenvalue weighted by molar-refractivity contribution is -0.141. The van der Waals surface area contributed by atoms with Gasteiger partial charge in [-0.2, -0.15) is 22.9 Å². The molecular formula is C24H14ClF3N6O2S. The van der Waals surface area contributed by atoms with Crippen molar-refractivity contribution in [3.8, 4) is 27.6 Å². The fourth-order valence-electron chi connectivity index (χ4n) is 3.91. The first-order valence-corrected chi connectivity index (χ1v) is 11.8. The van der Waals surface area contributed by atoms with Crippen LogP contribution in [0, 0.1) is 11.3 Å². The molecule has 0 saturated carbocycles. The lowest BCUT2D eigenvalue weighted by Gasteiger charge is -2.12. The summed E-state index contributed by atoms with van der Waals surface area (Å²) >= 11 is 7.17. The van der Waals surface area contributed by atoms with E-state index >= 15 is 0 Å². The number of rotatable bonds is 4. The third kappa shape index (κ3) is 4.32. The van der Waals surface area contributed by atoms with E-state index in [1.807, 2.05) is 0 Å². The molecule has 0 saturated heterocycles. The smallest absolute Gasteiger partial charge is 0.267 e. The fraction of sp³-hybridized carbons (Fsp3) is 0.125. The second-order valence-electron chi connectivity index (χ2n) is 7.99. The van der Waals surface area contributed by atoms with Gasteiger partial charge in [0.1, 0.15) is 16.6 Å². The number of nitrogens with zero attached hydrogens (tertiary/aromatic N) is 6. The van der Waals surface area contributed by atoms with E-state index in [1.165, 1.54) is 13.1 Å². The van der Waals surface area contributed by atoms with E-state index in [0.717, 1.165) is 37.5 Å². The zero-order valence-corrected chi connectivity index (χ0v) is 20.4. The molecular weight excluding hydrogens is 529 g/mol. The highest BCUT2D eigenvalue weighted by atomic mass is 35.5. The van der Waals surface area contributed by atoms with E-state index in [4.69, 9.17) is 11.6 Å². The summed E-state index contributed by atoms with van der Waals surface area (Å²) in [4.78, 5) is 31.2. The molecule has 0 spiro atoms. The number of aromatic nitrogens is 5. The average Bonchev–Trinajstić information content (AvgIpc) is 3.46. The minimum Gasteiger partial charge on any atom is -0.267 e. The lowest BCUT2D eigenvalue weighted by atomic mass is 10.0. The van der Waals surface area contributed by atoms with Gasteiger partial charge >= 0.3 is 11.9 Å². The predicted octanol–water partition coefficient (Wildman–Crippen LogP) is 4.58. The summed E-state index contributed by atoms with van der Waals surface area (Å²) < 4.78 is 41.9. The summed E-state index contributed by atoms with van der Waals surface area (Å²) in [7, 11) is 1.42. The third-order valence-corrected chi connectivity index (χ3v) is 6.90. The monoisotopic (exact) mass is 542 g/mol. The van der Waals surface area contributed by atoms with Crippen molar-refractivity contribution in [1.82, 2.24) is 24.0 Å². The summed E-state index contributed by atoms with van der Waals surface area (Å²) in [6.07, 6.45) is -3.57. The SMILES string of the molecule is Cn1c(=O)c(-c2ccc(Cl)cc2)c(-c2ccc(C#N)s2)c2nn(Cc3ccc(C(F)(F)F)nc3)c(=O)n21. The zero-order chi connectivity index (χ0) is 26.5. The highest BCUT2D eigenvalue weighted by molar-refractivity contribution is 7.16. The van der Waals surface area contributed by atoms with Crippen LogP contribution in [-0.2, 0) is 19.8 Å². The van der Waals surface area contributed by atoms with E-state index in [1.54, 1.807) is 36.4 Å². The van der Waals surface area contributed by atoms with Gasteiger partial charge in [-0.25, -0.2) is 14.2 Å². The van der Waals surface area contributed by atoms with Crippen molar-refractivity contribution in [3.63, 3.8) is 0 Å². The Bertz CT molecular complexity index is 1810. The average molecular weight is 543 g/mol. The van der Waals surface area contributed by atoms with Crippen molar-refractivity contribution in [1.29, 1.82) is 5.26 Å². The van der Waals surface area contributed by atoms with Crippen molar-refractivity contribution >= 4 is 28.6 Å². The maximum absolute atomic E-state index is 13.5. The topological polar surface area (TPSA) is 98.0 Å². The maximum Gasteiger partial charge on any atom is 0.433 e. The van der Waals surface area contributed by atoms with Crippen LogP contribution in [0.15, 0.2) is 64.3 Å². The van der Waals surface area contributed by atoms with Crippen LogP contribution in [0.2, 0.25) is 5.02 Å². The molecule has 5 aromatic rings. The van der Waals surface area contributed by atoms with Crippen molar-refractivity contribution in [2.24, 2.45) is 7.05 Å². The second kappa shape index (κ2) is 9.02. The largest absolute Gasteiger partial charge is 0.433 e. The molecule has 1 aromatic carbocycles. The molecule has 0 bridgehead atoms. The number of nitriles is 1. The Hall–Kier alpha value is -4.21. The molecule has 186 valence electrons. The van der Waals surface area contributed by atoms with Crippen LogP contribution in [0.4, 0.5) is 13.2 Å². The molecule has 37 heavy (non-hydrogen) atoms. The molecule has 13 heteroatoms. The predicted molar refractivity (Wildman–Crippen MR) is 132 cm³/mol. The Balaban J connectivity index is 1.75. The summed E-state index contributed by atoms with van der Waals surface area (Å²) in [5.74, 6) is 0. The number of fused-ring (bicyclic) bond motifs is 1. The molecule has 4 aromatic heterocycles. The van der Waals surface area contributed by atoms with E-state index < -0.39 is 23.1 Å². The van der Waals surface area contributed by atoms with Crippen molar-refractivity contribution in [3.05, 3.63) is 96.7 Å². The van der Waals surface area contributed by atoms with Gasteiger partial charge in [0.15, 0.2) is 5.65 Å². The number of pyridine rings is 1. The van der Waals surface area contributed by atoms with Crippen LogP contribution in [0.25, 0.3) is 27.2 Å². The van der Waals surface area contributed by atoms with Crippen LogP contribution in [0.3, 0.4) is 0 Å². The van der Waals surface area contributed by atoms with Gasteiger partial charge in [-0.05, 0) is 41.5 Å². The molecule has 0 atom stereocenters. The Morgan fingerprint density at radius 3 is 2.38 bits per heavy atom. The van der Waals surface area contributed by atoms with E-state index in [0.29, 0.717) is 31.5 Å². The molecule has 0 amide bonds. The normalized spacial score (nSPS) is 11.7. The highest BCUT2D eigenvalue weighted by Crippen LogP contribution is 2.36. The Labute approximate surface area is 215 Å². The molecule has 0 aliphatic rings. The van der Waals surface area contributed by atoms with Crippen molar-refractivity contribution < 1.29 is 13.2 Å². The third-order valence-electron chi connectivity index (χ3n) is 5.64. The van der Waals surface area contributed by atoms with Crippen LogP contribution in [-0.4, -0.2) is 24.0 Å². The van der Waals surface area contributed by atoms with Gasteiger partial charge in [0.2, 0.25) is 0 Å². The van der Waals surface area contributed by atoms with E-state index in [2.05, 4.69) is 16.2 Å². The summed E-state index contributed by atoms with van der Waals surface area (Å²) in [6.45, 7) is -0.177. The van der Waals surface area contributed by atoms with E-state index in [9.17, 15) is 28.0 Å². The van der Waals surface area contributed by atoms with Gasteiger partial charge < -0.3 is 0 Å². The molecule has 0 fully saturated rings. The van der Waals surface area contributed by atoms with Gasteiger partial charge in [-0.3, -0.25) is 9.78 Å². The maximum atomic E-state index is 13.5. The number of benzene rings is 1. The lowest BCUT2D eigenvalue weighted by Crippen LogP contribution is -2.33. The highest BCUT2D eigenvalue weighted by Gasteiger charge is 2.32. The first-order valence-electron chi connectivity index (χ1n) is 10.6. The minimum absolute atomic E-state index is 0.142. The molecule has 8 nitrogen and oxygen atoms in total. The minimum atomic E-state index is -4.59. The number of aryl methyl sites for hydroxylation is 1. The van der Waals surface area contributed by atoms with Crippen LogP contribution < -0.4 is 11.2 Å². The molecule has 4 heterocycles. The van der Waals surface area contributed by atoms with Crippen LogP contribution in [0.1, 0.15) is 16.1 Å². The zero-order valence-electron chi connectivity index (χ0n) is 18.8. The number of thiophene rings is 1. The Morgan fingerprint density at radius 2 is 1.78 bits per heavy atom. The molecule has 0 aliphatic heterocycles. The standard InChI is InChI=1S/C24H14ClF3N6O2S/c1-32-22(35)19(14-3-5-15(25)6-4-14)20(17-8-7-16(10-29)37-17)21-31-33(23(36)34(21)32)12-13-2-9-18(30-11-13)24(26,27)28/h2-9,11H,12H2,1H3. The van der Waals surface area contributed by atoms with Crippen LogP contribution in [0.5, 0.6) is 0 Å². The summed E-state index contributed by atoms with van der Waals surface area (Å²) in [5.41, 5.74) is -0.630. The molecule has 5 rings (SSSR count). The Kier molecular flexibility index (Phi) is 5.97. The number of alkyl halides is 3.